The number of carbonyl (C=O) groups excluding carboxylic acids is 1. The van der Waals surface area contributed by atoms with Crippen LogP contribution in [0.3, 0.4) is 0 Å². The van der Waals surface area contributed by atoms with E-state index in [4.69, 9.17) is 0 Å². The molecule has 1 amide bonds. The molecule has 0 aliphatic carbocycles. The summed E-state index contributed by atoms with van der Waals surface area (Å²) in [5, 5.41) is 6.49. The fraction of sp³-hybridized carbons (Fsp3) is 0.909. The van der Waals surface area contributed by atoms with E-state index in [1.807, 2.05) is 6.92 Å². The maximum absolute atomic E-state index is 11.1. The summed E-state index contributed by atoms with van der Waals surface area (Å²) in [4.78, 5) is 11.1. The summed E-state index contributed by atoms with van der Waals surface area (Å²) >= 11 is 0. The van der Waals surface area contributed by atoms with Gasteiger partial charge in [0.2, 0.25) is 5.91 Å². The third-order valence-electron chi connectivity index (χ3n) is 2.78. The monoisotopic (exact) mass is 198 g/mol. The van der Waals surface area contributed by atoms with Gasteiger partial charge in [0.1, 0.15) is 0 Å². The highest BCUT2D eigenvalue weighted by atomic mass is 16.1. The number of piperidine rings is 1. The lowest BCUT2D eigenvalue weighted by molar-refractivity contribution is -0.121. The van der Waals surface area contributed by atoms with Crippen molar-refractivity contribution < 1.29 is 4.79 Å². The molecule has 2 atom stereocenters. The zero-order valence-corrected chi connectivity index (χ0v) is 9.31. The number of amides is 1. The fourth-order valence-corrected chi connectivity index (χ4v) is 1.99. The molecule has 14 heavy (non-hydrogen) atoms. The van der Waals surface area contributed by atoms with E-state index in [0.29, 0.717) is 18.5 Å². The van der Waals surface area contributed by atoms with Gasteiger partial charge in [-0.15, -0.1) is 0 Å². The van der Waals surface area contributed by atoms with Gasteiger partial charge in [-0.25, -0.2) is 0 Å². The quantitative estimate of drug-likeness (QED) is 0.717. The minimum atomic E-state index is 0.160. The van der Waals surface area contributed by atoms with Crippen LogP contribution < -0.4 is 10.6 Å². The molecule has 3 heteroatoms. The van der Waals surface area contributed by atoms with Crippen molar-refractivity contribution in [2.75, 3.05) is 6.54 Å². The van der Waals surface area contributed by atoms with Crippen LogP contribution in [0.1, 0.15) is 46.0 Å². The van der Waals surface area contributed by atoms with E-state index in [0.717, 1.165) is 13.0 Å². The van der Waals surface area contributed by atoms with Crippen LogP contribution in [0.4, 0.5) is 0 Å². The molecule has 3 nitrogen and oxygen atoms in total. The molecular weight excluding hydrogens is 176 g/mol. The molecule has 0 unspecified atom stereocenters. The predicted molar refractivity (Wildman–Crippen MR) is 58.2 cm³/mol. The van der Waals surface area contributed by atoms with E-state index in [-0.39, 0.29) is 5.91 Å². The number of nitrogens with one attached hydrogen (secondary N) is 2. The summed E-state index contributed by atoms with van der Waals surface area (Å²) in [6.45, 7) is 5.11. The first-order chi connectivity index (χ1) is 6.72. The molecular formula is C11H22N2O. The highest BCUT2D eigenvalue weighted by molar-refractivity contribution is 5.75. The third-order valence-corrected chi connectivity index (χ3v) is 2.78. The van der Waals surface area contributed by atoms with Crippen LogP contribution >= 0.6 is 0 Å². The second-order valence-corrected chi connectivity index (χ2v) is 4.20. The highest BCUT2D eigenvalue weighted by Gasteiger charge is 2.16. The highest BCUT2D eigenvalue weighted by Crippen LogP contribution is 2.11. The van der Waals surface area contributed by atoms with Gasteiger partial charge in [0.15, 0.2) is 0 Å². The standard InChI is InChI=1S/C11H22N2O/c1-3-11(14)13-9(2)8-10-6-4-5-7-12-10/h9-10,12H,3-8H2,1-2H3,(H,13,14)/t9-,10-/m0/s1. The Hall–Kier alpha value is -0.570. The summed E-state index contributed by atoms with van der Waals surface area (Å²) < 4.78 is 0. The van der Waals surface area contributed by atoms with Gasteiger partial charge in [-0.1, -0.05) is 13.3 Å². The van der Waals surface area contributed by atoms with Crippen molar-refractivity contribution in [2.45, 2.75) is 58.0 Å². The average Bonchev–Trinajstić information content (AvgIpc) is 2.19. The Morgan fingerprint density at radius 2 is 2.36 bits per heavy atom. The second-order valence-electron chi connectivity index (χ2n) is 4.20. The molecule has 82 valence electrons. The molecule has 0 aromatic heterocycles. The molecule has 0 saturated carbocycles. The summed E-state index contributed by atoms with van der Waals surface area (Å²) in [7, 11) is 0. The van der Waals surface area contributed by atoms with Crippen LogP contribution in [0.5, 0.6) is 0 Å². The van der Waals surface area contributed by atoms with Crippen molar-refractivity contribution in [3.8, 4) is 0 Å². The molecule has 0 bridgehead atoms. The van der Waals surface area contributed by atoms with E-state index in [1.54, 1.807) is 0 Å². The normalized spacial score (nSPS) is 24.3. The van der Waals surface area contributed by atoms with Crippen molar-refractivity contribution in [1.29, 1.82) is 0 Å². The zero-order chi connectivity index (χ0) is 10.4. The van der Waals surface area contributed by atoms with Crippen molar-refractivity contribution in [1.82, 2.24) is 10.6 Å². The van der Waals surface area contributed by atoms with Gasteiger partial charge in [0, 0.05) is 18.5 Å². The van der Waals surface area contributed by atoms with Crippen molar-refractivity contribution in [3.63, 3.8) is 0 Å². The molecule has 0 spiro atoms. The summed E-state index contributed by atoms with van der Waals surface area (Å²) in [5.74, 6) is 0.160. The van der Waals surface area contributed by atoms with E-state index >= 15 is 0 Å². The first-order valence-electron chi connectivity index (χ1n) is 5.75. The first kappa shape index (κ1) is 11.5. The Bertz CT molecular complexity index is 176. The summed E-state index contributed by atoms with van der Waals surface area (Å²) in [5.41, 5.74) is 0. The minimum Gasteiger partial charge on any atom is -0.354 e. The van der Waals surface area contributed by atoms with Crippen LogP contribution in [0, 0.1) is 0 Å². The number of carbonyl (C=O) groups is 1. The zero-order valence-electron chi connectivity index (χ0n) is 9.31. The third kappa shape index (κ3) is 4.09. The van der Waals surface area contributed by atoms with E-state index in [1.165, 1.54) is 19.3 Å². The van der Waals surface area contributed by atoms with Gasteiger partial charge in [-0.3, -0.25) is 4.79 Å². The Labute approximate surface area is 86.6 Å². The molecule has 1 aliphatic rings. The van der Waals surface area contributed by atoms with Crippen LogP contribution in [0.15, 0.2) is 0 Å². The topological polar surface area (TPSA) is 41.1 Å². The summed E-state index contributed by atoms with van der Waals surface area (Å²) in [6.07, 6.45) is 5.53. The molecule has 2 N–H and O–H groups in total. The first-order valence-corrected chi connectivity index (χ1v) is 5.75. The van der Waals surface area contributed by atoms with Gasteiger partial charge in [0.25, 0.3) is 0 Å². The van der Waals surface area contributed by atoms with E-state index < -0.39 is 0 Å². The van der Waals surface area contributed by atoms with Crippen LogP contribution in [-0.4, -0.2) is 24.5 Å². The Kier molecular flexibility index (Phi) is 4.94. The molecule has 1 fully saturated rings. The minimum absolute atomic E-state index is 0.160. The fourth-order valence-electron chi connectivity index (χ4n) is 1.99. The van der Waals surface area contributed by atoms with Crippen LogP contribution in [-0.2, 0) is 4.79 Å². The number of hydrogen-bond donors (Lipinski definition) is 2. The number of rotatable bonds is 4. The van der Waals surface area contributed by atoms with Crippen LogP contribution in [0.25, 0.3) is 0 Å². The van der Waals surface area contributed by atoms with Gasteiger partial charge >= 0.3 is 0 Å². The van der Waals surface area contributed by atoms with Gasteiger partial charge < -0.3 is 10.6 Å². The molecule has 0 aromatic carbocycles. The smallest absolute Gasteiger partial charge is 0.219 e. The average molecular weight is 198 g/mol. The largest absolute Gasteiger partial charge is 0.354 e. The van der Waals surface area contributed by atoms with Gasteiger partial charge in [-0.05, 0) is 32.7 Å². The Balaban J connectivity index is 2.18. The molecule has 0 aromatic rings. The van der Waals surface area contributed by atoms with Crippen molar-refractivity contribution in [2.24, 2.45) is 0 Å². The van der Waals surface area contributed by atoms with E-state index in [9.17, 15) is 4.79 Å². The number of hydrogen-bond acceptors (Lipinski definition) is 2. The lowest BCUT2D eigenvalue weighted by atomic mass is 9.99. The predicted octanol–water partition coefficient (Wildman–Crippen LogP) is 1.43. The maximum Gasteiger partial charge on any atom is 0.219 e. The SMILES string of the molecule is CCC(=O)N[C@@H](C)C[C@@H]1CCCCN1. The molecule has 1 heterocycles. The molecule has 1 saturated heterocycles. The Morgan fingerprint density at radius 3 is 2.93 bits per heavy atom. The summed E-state index contributed by atoms with van der Waals surface area (Å²) in [6, 6.07) is 0.911. The van der Waals surface area contributed by atoms with E-state index in [2.05, 4.69) is 17.6 Å². The maximum atomic E-state index is 11.1. The molecule has 1 aliphatic heterocycles. The van der Waals surface area contributed by atoms with Gasteiger partial charge in [-0.2, -0.15) is 0 Å². The second kappa shape index (κ2) is 6.02. The lowest BCUT2D eigenvalue weighted by Crippen LogP contribution is -2.41. The molecule has 1 rings (SSSR count). The molecule has 0 radical (unpaired) electrons. The Morgan fingerprint density at radius 1 is 1.57 bits per heavy atom. The lowest BCUT2D eigenvalue weighted by Gasteiger charge is -2.26. The van der Waals surface area contributed by atoms with Crippen molar-refractivity contribution in [3.05, 3.63) is 0 Å². The van der Waals surface area contributed by atoms with Crippen molar-refractivity contribution >= 4 is 5.91 Å². The van der Waals surface area contributed by atoms with Crippen LogP contribution in [0.2, 0.25) is 0 Å². The van der Waals surface area contributed by atoms with Gasteiger partial charge in [0.05, 0.1) is 0 Å².